The highest BCUT2D eigenvalue weighted by Crippen LogP contribution is 2.17. The van der Waals surface area contributed by atoms with Crippen molar-refractivity contribution in [2.24, 2.45) is 0 Å². The van der Waals surface area contributed by atoms with E-state index in [4.69, 9.17) is 10.2 Å². The molecule has 2 N–H and O–H groups in total. The molecule has 17 heavy (non-hydrogen) atoms. The Morgan fingerprint density at radius 2 is 1.59 bits per heavy atom. The number of rotatable bonds is 9. The molecule has 0 heterocycles. The van der Waals surface area contributed by atoms with Gasteiger partial charge in [-0.2, -0.15) is 0 Å². The van der Waals surface area contributed by atoms with Crippen molar-refractivity contribution in [1.82, 2.24) is 4.90 Å². The first-order valence-electron chi connectivity index (χ1n) is 5.98. The maximum Gasteiger partial charge on any atom is 0.0558 e. The zero-order valence-corrected chi connectivity index (χ0v) is 10.9. The van der Waals surface area contributed by atoms with Gasteiger partial charge in [-0.15, -0.1) is 11.8 Å². The van der Waals surface area contributed by atoms with Gasteiger partial charge in [0.2, 0.25) is 0 Å². The molecule has 0 aromatic heterocycles. The summed E-state index contributed by atoms with van der Waals surface area (Å²) in [6.07, 6.45) is 1.07. The third-order valence-corrected chi connectivity index (χ3v) is 3.56. The molecule has 1 aromatic rings. The van der Waals surface area contributed by atoms with Crippen molar-refractivity contribution >= 4 is 11.8 Å². The third kappa shape index (κ3) is 6.68. The summed E-state index contributed by atoms with van der Waals surface area (Å²) in [6.45, 7) is 2.55. The van der Waals surface area contributed by atoms with Crippen LogP contribution in [-0.2, 0) is 0 Å². The molecule has 0 aliphatic carbocycles. The van der Waals surface area contributed by atoms with Crippen LogP contribution in [0.1, 0.15) is 6.42 Å². The van der Waals surface area contributed by atoms with E-state index in [2.05, 4.69) is 17.0 Å². The van der Waals surface area contributed by atoms with Crippen LogP contribution in [0.2, 0.25) is 0 Å². The molecule has 1 rings (SSSR count). The van der Waals surface area contributed by atoms with E-state index in [0.717, 1.165) is 18.7 Å². The van der Waals surface area contributed by atoms with Gasteiger partial charge in [-0.1, -0.05) is 18.2 Å². The molecule has 3 nitrogen and oxygen atoms in total. The molecule has 0 spiro atoms. The Bertz CT molecular complexity index is 276. The van der Waals surface area contributed by atoms with Crippen molar-refractivity contribution in [2.75, 3.05) is 38.6 Å². The van der Waals surface area contributed by atoms with Crippen LogP contribution in [-0.4, -0.2) is 53.7 Å². The lowest BCUT2D eigenvalue weighted by molar-refractivity contribution is 0.161. The van der Waals surface area contributed by atoms with Gasteiger partial charge in [0, 0.05) is 18.0 Å². The maximum absolute atomic E-state index is 8.87. The predicted molar refractivity (Wildman–Crippen MR) is 72.4 cm³/mol. The van der Waals surface area contributed by atoms with E-state index in [1.807, 2.05) is 30.0 Å². The van der Waals surface area contributed by atoms with E-state index in [-0.39, 0.29) is 13.2 Å². The zero-order valence-electron chi connectivity index (χ0n) is 10.1. The lowest BCUT2D eigenvalue weighted by atomic mass is 10.4. The van der Waals surface area contributed by atoms with Crippen molar-refractivity contribution in [3.05, 3.63) is 30.3 Å². The molecule has 0 saturated carbocycles. The summed E-state index contributed by atoms with van der Waals surface area (Å²) < 4.78 is 0. The average Bonchev–Trinajstić information content (AvgIpc) is 2.36. The van der Waals surface area contributed by atoms with Crippen molar-refractivity contribution < 1.29 is 10.2 Å². The van der Waals surface area contributed by atoms with E-state index in [1.54, 1.807) is 0 Å². The van der Waals surface area contributed by atoms with Crippen LogP contribution in [0.25, 0.3) is 0 Å². The standard InChI is InChI=1S/C13H21NO2S/c15-10-8-14(9-11-16)7-4-12-17-13-5-2-1-3-6-13/h1-3,5-6,15-16H,4,7-12H2. The fraction of sp³-hybridized carbons (Fsp3) is 0.538. The number of hydrogen-bond donors (Lipinski definition) is 2. The van der Waals surface area contributed by atoms with E-state index in [1.165, 1.54) is 4.90 Å². The number of aliphatic hydroxyl groups is 2. The van der Waals surface area contributed by atoms with Crippen LogP contribution >= 0.6 is 11.8 Å². The molecule has 96 valence electrons. The summed E-state index contributed by atoms with van der Waals surface area (Å²) in [4.78, 5) is 3.38. The highest BCUT2D eigenvalue weighted by molar-refractivity contribution is 7.99. The van der Waals surface area contributed by atoms with Gasteiger partial charge in [-0.25, -0.2) is 0 Å². The second kappa shape index (κ2) is 9.48. The average molecular weight is 255 g/mol. The zero-order chi connectivity index (χ0) is 12.3. The van der Waals surface area contributed by atoms with Gasteiger partial charge in [-0.05, 0) is 30.9 Å². The molecule has 1 aromatic carbocycles. The van der Waals surface area contributed by atoms with Gasteiger partial charge in [-0.3, -0.25) is 4.90 Å². The van der Waals surface area contributed by atoms with Crippen LogP contribution in [0.3, 0.4) is 0 Å². The first-order chi connectivity index (χ1) is 8.36. The Balaban J connectivity index is 2.13. The Morgan fingerprint density at radius 3 is 2.18 bits per heavy atom. The molecule has 0 atom stereocenters. The van der Waals surface area contributed by atoms with Gasteiger partial charge in [0.05, 0.1) is 13.2 Å². The van der Waals surface area contributed by atoms with E-state index < -0.39 is 0 Å². The predicted octanol–water partition coefficient (Wildman–Crippen LogP) is 1.46. The summed E-state index contributed by atoms with van der Waals surface area (Å²) in [5.74, 6) is 1.07. The summed E-state index contributed by atoms with van der Waals surface area (Å²) in [5.41, 5.74) is 0. The highest BCUT2D eigenvalue weighted by atomic mass is 32.2. The molecule has 0 aliphatic rings. The fourth-order valence-electron chi connectivity index (χ4n) is 1.61. The molecule has 4 heteroatoms. The molecule has 0 bridgehead atoms. The minimum atomic E-state index is 0.159. The minimum absolute atomic E-state index is 0.159. The molecule has 0 radical (unpaired) electrons. The minimum Gasteiger partial charge on any atom is -0.395 e. The van der Waals surface area contributed by atoms with Gasteiger partial charge < -0.3 is 10.2 Å². The van der Waals surface area contributed by atoms with Crippen LogP contribution in [0.4, 0.5) is 0 Å². The molecular formula is C13H21NO2S. The van der Waals surface area contributed by atoms with E-state index in [9.17, 15) is 0 Å². The molecule has 0 fully saturated rings. The lowest BCUT2D eigenvalue weighted by Gasteiger charge is -2.19. The van der Waals surface area contributed by atoms with Crippen LogP contribution in [0, 0.1) is 0 Å². The molecule has 0 unspecified atom stereocenters. The quantitative estimate of drug-likeness (QED) is 0.518. The largest absolute Gasteiger partial charge is 0.395 e. The third-order valence-electron chi connectivity index (χ3n) is 2.46. The summed E-state index contributed by atoms with van der Waals surface area (Å²) >= 11 is 1.85. The second-order valence-corrected chi connectivity index (χ2v) is 4.97. The summed E-state index contributed by atoms with van der Waals surface area (Å²) in [5, 5.41) is 17.7. The smallest absolute Gasteiger partial charge is 0.0558 e. The van der Waals surface area contributed by atoms with Gasteiger partial charge in [0.25, 0.3) is 0 Å². The number of thioether (sulfide) groups is 1. The van der Waals surface area contributed by atoms with Crippen LogP contribution < -0.4 is 0 Å². The van der Waals surface area contributed by atoms with Gasteiger partial charge >= 0.3 is 0 Å². The first-order valence-corrected chi connectivity index (χ1v) is 6.97. The summed E-state index contributed by atoms with van der Waals surface area (Å²) in [7, 11) is 0. The normalized spacial score (nSPS) is 11.0. The number of benzene rings is 1. The number of aliphatic hydroxyl groups excluding tert-OH is 2. The van der Waals surface area contributed by atoms with Gasteiger partial charge in [0.15, 0.2) is 0 Å². The SMILES string of the molecule is OCCN(CCO)CCCSc1ccccc1. The van der Waals surface area contributed by atoms with Crippen molar-refractivity contribution in [2.45, 2.75) is 11.3 Å². The number of hydrogen-bond acceptors (Lipinski definition) is 4. The molecule has 0 saturated heterocycles. The Morgan fingerprint density at radius 1 is 0.941 bits per heavy atom. The Labute approximate surface area is 107 Å². The topological polar surface area (TPSA) is 43.7 Å². The van der Waals surface area contributed by atoms with Gasteiger partial charge in [0.1, 0.15) is 0 Å². The van der Waals surface area contributed by atoms with Crippen LogP contribution in [0.5, 0.6) is 0 Å². The van der Waals surface area contributed by atoms with E-state index in [0.29, 0.717) is 13.1 Å². The highest BCUT2D eigenvalue weighted by Gasteiger charge is 2.02. The fourth-order valence-corrected chi connectivity index (χ4v) is 2.47. The van der Waals surface area contributed by atoms with Crippen molar-refractivity contribution in [3.63, 3.8) is 0 Å². The van der Waals surface area contributed by atoms with E-state index >= 15 is 0 Å². The maximum atomic E-state index is 8.87. The first kappa shape index (κ1) is 14.5. The monoisotopic (exact) mass is 255 g/mol. The molecular weight excluding hydrogens is 234 g/mol. The second-order valence-electron chi connectivity index (χ2n) is 3.80. The molecule has 0 amide bonds. The van der Waals surface area contributed by atoms with Crippen molar-refractivity contribution in [1.29, 1.82) is 0 Å². The Hall–Kier alpha value is -0.550. The van der Waals surface area contributed by atoms with Crippen LogP contribution in [0.15, 0.2) is 35.2 Å². The summed E-state index contributed by atoms with van der Waals surface area (Å²) in [6, 6.07) is 10.3. The lowest BCUT2D eigenvalue weighted by Crippen LogP contribution is -2.31. The number of nitrogens with zero attached hydrogens (tertiary/aromatic N) is 1. The molecule has 0 aliphatic heterocycles. The van der Waals surface area contributed by atoms with Crippen molar-refractivity contribution in [3.8, 4) is 0 Å². The Kier molecular flexibility index (Phi) is 8.09.